The zero-order chi connectivity index (χ0) is 17.6. The van der Waals surface area contributed by atoms with Crippen molar-refractivity contribution in [3.05, 3.63) is 87.6 Å². The van der Waals surface area contributed by atoms with Crippen LogP contribution < -0.4 is 5.32 Å². The number of carbonyl (C=O) groups is 1. The van der Waals surface area contributed by atoms with Gasteiger partial charge in [-0.05, 0) is 41.5 Å². The monoisotopic (exact) mass is 372 g/mol. The minimum Gasteiger partial charge on any atom is -0.298 e. The number of benzene rings is 2. The molecule has 0 aliphatic rings. The van der Waals surface area contributed by atoms with Crippen molar-refractivity contribution in [3.63, 3.8) is 0 Å². The van der Waals surface area contributed by atoms with Crippen molar-refractivity contribution in [1.82, 2.24) is 4.98 Å². The fourth-order valence-corrected chi connectivity index (χ4v) is 3.12. The van der Waals surface area contributed by atoms with Crippen molar-refractivity contribution in [2.24, 2.45) is 0 Å². The third-order valence-electron chi connectivity index (χ3n) is 3.37. The molecule has 0 atom stereocenters. The highest BCUT2D eigenvalue weighted by atomic mass is 35.5. The summed E-state index contributed by atoms with van der Waals surface area (Å²) in [6, 6.07) is 13.5. The summed E-state index contributed by atoms with van der Waals surface area (Å²) in [4.78, 5) is 17.2. The van der Waals surface area contributed by atoms with Gasteiger partial charge in [0.15, 0.2) is 5.13 Å². The second kappa shape index (κ2) is 8.05. The molecule has 0 spiro atoms. The molecule has 1 heterocycles. The standard InChI is InChI=1S/C19H14ClFN2OS/c20-15-6-1-14(2-7-15)11-17-12-22-19(25-17)23-18(24)10-5-13-3-8-16(21)9-4-13/h1-10,12H,11H2,(H,22,23,24)/b10-5+. The van der Waals surface area contributed by atoms with Gasteiger partial charge in [-0.2, -0.15) is 0 Å². The summed E-state index contributed by atoms with van der Waals surface area (Å²) in [5.74, 6) is -0.589. The molecule has 1 aromatic heterocycles. The molecule has 0 radical (unpaired) electrons. The van der Waals surface area contributed by atoms with Crippen LogP contribution in [0.1, 0.15) is 16.0 Å². The van der Waals surface area contributed by atoms with Gasteiger partial charge in [-0.25, -0.2) is 9.37 Å². The lowest BCUT2D eigenvalue weighted by atomic mass is 10.1. The molecule has 1 amide bonds. The van der Waals surface area contributed by atoms with Crippen molar-refractivity contribution >= 4 is 40.1 Å². The first-order chi connectivity index (χ1) is 12.1. The molecule has 0 aliphatic heterocycles. The highest BCUT2D eigenvalue weighted by Crippen LogP contribution is 2.22. The number of nitrogens with zero attached hydrogens (tertiary/aromatic N) is 1. The van der Waals surface area contributed by atoms with Gasteiger partial charge in [-0.15, -0.1) is 11.3 Å². The smallest absolute Gasteiger partial charge is 0.250 e. The largest absolute Gasteiger partial charge is 0.298 e. The maximum absolute atomic E-state index is 12.8. The highest BCUT2D eigenvalue weighted by molar-refractivity contribution is 7.15. The average Bonchev–Trinajstić information content (AvgIpc) is 3.03. The molecule has 0 aliphatic carbocycles. The maximum atomic E-state index is 12.8. The average molecular weight is 373 g/mol. The fourth-order valence-electron chi connectivity index (χ4n) is 2.14. The number of amides is 1. The van der Waals surface area contributed by atoms with E-state index >= 15 is 0 Å². The van der Waals surface area contributed by atoms with Crippen molar-refractivity contribution in [3.8, 4) is 0 Å². The molecule has 1 N–H and O–H groups in total. The summed E-state index contributed by atoms with van der Waals surface area (Å²) in [6.45, 7) is 0. The van der Waals surface area contributed by atoms with Crippen LogP contribution in [0.5, 0.6) is 0 Å². The number of hydrogen-bond donors (Lipinski definition) is 1. The molecule has 126 valence electrons. The number of thiazole rings is 1. The second-order valence-corrected chi connectivity index (χ2v) is 6.86. The lowest BCUT2D eigenvalue weighted by Crippen LogP contribution is -2.07. The summed E-state index contributed by atoms with van der Waals surface area (Å²) < 4.78 is 12.8. The quantitative estimate of drug-likeness (QED) is 0.627. The van der Waals surface area contributed by atoms with E-state index in [-0.39, 0.29) is 11.7 Å². The minimum absolute atomic E-state index is 0.281. The molecular weight excluding hydrogens is 359 g/mol. The molecular formula is C19H14ClFN2OS. The predicted octanol–water partition coefficient (Wildman–Crippen LogP) is 5.18. The Morgan fingerprint density at radius 3 is 2.60 bits per heavy atom. The topological polar surface area (TPSA) is 42.0 Å². The first kappa shape index (κ1) is 17.3. The summed E-state index contributed by atoms with van der Waals surface area (Å²) in [7, 11) is 0. The van der Waals surface area contributed by atoms with Crippen LogP contribution in [0.15, 0.2) is 60.8 Å². The lowest BCUT2D eigenvalue weighted by molar-refractivity contribution is -0.111. The van der Waals surface area contributed by atoms with E-state index in [0.29, 0.717) is 10.2 Å². The van der Waals surface area contributed by atoms with Crippen LogP contribution in [-0.2, 0) is 11.2 Å². The van der Waals surface area contributed by atoms with Gasteiger partial charge in [0.05, 0.1) is 0 Å². The lowest BCUT2D eigenvalue weighted by Gasteiger charge is -1.98. The van der Waals surface area contributed by atoms with Crippen molar-refractivity contribution in [2.45, 2.75) is 6.42 Å². The molecule has 3 nitrogen and oxygen atoms in total. The van der Waals surface area contributed by atoms with E-state index < -0.39 is 0 Å². The Hall–Kier alpha value is -2.50. The van der Waals surface area contributed by atoms with Gasteiger partial charge >= 0.3 is 0 Å². The molecule has 2 aromatic carbocycles. The van der Waals surface area contributed by atoms with Gasteiger partial charge in [0.1, 0.15) is 5.82 Å². The number of carbonyl (C=O) groups excluding carboxylic acids is 1. The Balaban J connectivity index is 1.57. The van der Waals surface area contributed by atoms with Crippen LogP contribution in [0.3, 0.4) is 0 Å². The number of halogens is 2. The highest BCUT2D eigenvalue weighted by Gasteiger charge is 2.05. The summed E-state index contributed by atoms with van der Waals surface area (Å²) in [5, 5.41) is 3.97. The second-order valence-electron chi connectivity index (χ2n) is 5.31. The van der Waals surface area contributed by atoms with Crippen LogP contribution in [0.25, 0.3) is 6.08 Å². The Kier molecular flexibility index (Phi) is 5.58. The van der Waals surface area contributed by atoms with Gasteiger partial charge in [-0.1, -0.05) is 35.9 Å². The zero-order valence-corrected chi connectivity index (χ0v) is 14.7. The Morgan fingerprint density at radius 2 is 1.88 bits per heavy atom. The van der Waals surface area contributed by atoms with E-state index in [1.54, 1.807) is 24.4 Å². The molecule has 0 bridgehead atoms. The van der Waals surface area contributed by atoms with Crippen molar-refractivity contribution in [2.75, 3.05) is 5.32 Å². The van der Waals surface area contributed by atoms with E-state index in [4.69, 9.17) is 11.6 Å². The van der Waals surface area contributed by atoms with Crippen molar-refractivity contribution in [1.29, 1.82) is 0 Å². The molecule has 0 saturated carbocycles. The zero-order valence-electron chi connectivity index (χ0n) is 13.1. The normalized spacial score (nSPS) is 11.0. The van der Waals surface area contributed by atoms with Crippen LogP contribution in [0.2, 0.25) is 5.02 Å². The first-order valence-electron chi connectivity index (χ1n) is 7.52. The predicted molar refractivity (Wildman–Crippen MR) is 100 cm³/mol. The fraction of sp³-hybridized carbons (Fsp3) is 0.0526. The van der Waals surface area contributed by atoms with Gasteiger partial charge in [0, 0.05) is 28.6 Å². The van der Waals surface area contributed by atoms with E-state index in [0.717, 1.165) is 22.4 Å². The number of rotatable bonds is 5. The van der Waals surface area contributed by atoms with Crippen LogP contribution in [0.4, 0.5) is 9.52 Å². The number of anilines is 1. The minimum atomic E-state index is -0.308. The maximum Gasteiger partial charge on any atom is 0.250 e. The van der Waals surface area contributed by atoms with E-state index in [1.165, 1.54) is 29.5 Å². The van der Waals surface area contributed by atoms with Gasteiger partial charge in [-0.3, -0.25) is 10.1 Å². The molecule has 25 heavy (non-hydrogen) atoms. The number of nitrogens with one attached hydrogen (secondary N) is 1. The Labute approximate surface area is 153 Å². The van der Waals surface area contributed by atoms with E-state index in [2.05, 4.69) is 10.3 Å². The number of aromatic nitrogens is 1. The Morgan fingerprint density at radius 1 is 1.16 bits per heavy atom. The third-order valence-corrected chi connectivity index (χ3v) is 4.54. The third kappa shape index (κ3) is 5.24. The molecule has 0 saturated heterocycles. The molecule has 6 heteroatoms. The van der Waals surface area contributed by atoms with Crippen LogP contribution in [-0.4, -0.2) is 10.9 Å². The number of hydrogen-bond acceptors (Lipinski definition) is 3. The SMILES string of the molecule is O=C(/C=C/c1ccc(F)cc1)Nc1ncc(Cc2ccc(Cl)cc2)s1. The summed E-state index contributed by atoms with van der Waals surface area (Å²) >= 11 is 7.30. The van der Waals surface area contributed by atoms with Crippen LogP contribution >= 0.6 is 22.9 Å². The molecule has 3 rings (SSSR count). The van der Waals surface area contributed by atoms with Crippen molar-refractivity contribution < 1.29 is 9.18 Å². The van der Waals surface area contributed by atoms with Gasteiger partial charge < -0.3 is 0 Å². The van der Waals surface area contributed by atoms with Gasteiger partial charge in [0.2, 0.25) is 5.91 Å². The van der Waals surface area contributed by atoms with Crippen LogP contribution in [0, 0.1) is 5.82 Å². The van der Waals surface area contributed by atoms with Gasteiger partial charge in [0.25, 0.3) is 0 Å². The summed E-state index contributed by atoms with van der Waals surface area (Å²) in [5.41, 5.74) is 1.88. The molecule has 0 unspecified atom stereocenters. The first-order valence-corrected chi connectivity index (χ1v) is 8.72. The molecule has 0 fully saturated rings. The summed E-state index contributed by atoms with van der Waals surface area (Å²) in [6.07, 6.45) is 5.50. The molecule has 3 aromatic rings. The van der Waals surface area contributed by atoms with E-state index in [9.17, 15) is 9.18 Å². The van der Waals surface area contributed by atoms with E-state index in [1.807, 2.05) is 24.3 Å². The Bertz CT molecular complexity index is 889.